The van der Waals surface area contributed by atoms with E-state index in [1.54, 1.807) is 0 Å². The fraction of sp³-hybridized carbons (Fsp3) is 0.643. The molecule has 1 aromatic rings. The van der Waals surface area contributed by atoms with Crippen LogP contribution in [0.15, 0.2) is 18.3 Å². The Morgan fingerprint density at radius 1 is 1.11 bits per heavy atom. The van der Waals surface area contributed by atoms with Gasteiger partial charge in [0.15, 0.2) is 0 Å². The summed E-state index contributed by atoms with van der Waals surface area (Å²) in [6.07, 6.45) is 3.95. The SMILES string of the molecule is CC1(C)OB(c2ccc(C3(N)CC3)cn2)OC1(C)C. The van der Waals surface area contributed by atoms with E-state index < -0.39 is 7.12 Å². The van der Waals surface area contributed by atoms with Gasteiger partial charge in [-0.15, -0.1) is 0 Å². The quantitative estimate of drug-likeness (QED) is 0.815. The maximum absolute atomic E-state index is 6.16. The summed E-state index contributed by atoms with van der Waals surface area (Å²) < 4.78 is 12.0. The van der Waals surface area contributed by atoms with Crippen LogP contribution in [0.3, 0.4) is 0 Å². The van der Waals surface area contributed by atoms with Crippen molar-refractivity contribution in [2.24, 2.45) is 5.73 Å². The van der Waals surface area contributed by atoms with E-state index in [9.17, 15) is 0 Å². The highest BCUT2D eigenvalue weighted by atomic mass is 16.7. The maximum Gasteiger partial charge on any atom is 0.514 e. The van der Waals surface area contributed by atoms with Gasteiger partial charge in [0.2, 0.25) is 0 Å². The first-order valence-electron chi connectivity index (χ1n) is 6.85. The standard InChI is InChI=1S/C14H21BN2O2/c1-12(2)13(3,4)19-15(18-12)11-6-5-10(9-17-11)14(16)7-8-14/h5-6,9H,7-8,16H2,1-4H3. The van der Waals surface area contributed by atoms with Gasteiger partial charge in [0, 0.05) is 11.7 Å². The van der Waals surface area contributed by atoms with Crippen LogP contribution < -0.4 is 11.3 Å². The second kappa shape index (κ2) is 3.81. The van der Waals surface area contributed by atoms with Gasteiger partial charge in [0.05, 0.1) is 16.8 Å². The van der Waals surface area contributed by atoms with Gasteiger partial charge in [-0.2, -0.15) is 0 Å². The molecular formula is C14H21BN2O2. The Bertz CT molecular complexity index is 479. The van der Waals surface area contributed by atoms with Gasteiger partial charge in [0.1, 0.15) is 0 Å². The lowest BCUT2D eigenvalue weighted by atomic mass is 9.84. The monoisotopic (exact) mass is 260 g/mol. The van der Waals surface area contributed by atoms with E-state index in [4.69, 9.17) is 15.0 Å². The number of pyridine rings is 1. The highest BCUT2D eigenvalue weighted by Crippen LogP contribution is 2.42. The first-order chi connectivity index (χ1) is 8.74. The molecule has 2 aliphatic rings. The normalized spacial score (nSPS) is 26.5. The predicted molar refractivity (Wildman–Crippen MR) is 75.1 cm³/mol. The smallest absolute Gasteiger partial charge is 0.398 e. The van der Waals surface area contributed by atoms with Gasteiger partial charge in [-0.05, 0) is 52.2 Å². The van der Waals surface area contributed by atoms with Gasteiger partial charge in [0.25, 0.3) is 0 Å². The van der Waals surface area contributed by atoms with Crippen molar-refractivity contribution in [1.29, 1.82) is 0 Å². The van der Waals surface area contributed by atoms with Crippen LogP contribution in [0.1, 0.15) is 46.1 Å². The van der Waals surface area contributed by atoms with Crippen LogP contribution in [0.5, 0.6) is 0 Å². The second-order valence-corrected chi connectivity index (χ2v) is 6.72. The first-order valence-corrected chi connectivity index (χ1v) is 6.85. The minimum absolute atomic E-state index is 0.137. The van der Waals surface area contributed by atoms with E-state index in [0.717, 1.165) is 24.0 Å². The molecule has 4 nitrogen and oxygen atoms in total. The largest absolute Gasteiger partial charge is 0.514 e. The molecule has 1 saturated carbocycles. The summed E-state index contributed by atoms with van der Waals surface area (Å²) in [5, 5.41) is 0. The summed E-state index contributed by atoms with van der Waals surface area (Å²) in [5.74, 6) is 0. The average Bonchev–Trinajstić information content (AvgIpc) is 3.02. The van der Waals surface area contributed by atoms with Crippen molar-refractivity contribution in [2.45, 2.75) is 57.3 Å². The summed E-state index contributed by atoms with van der Waals surface area (Å²) in [6.45, 7) is 8.17. The lowest BCUT2D eigenvalue weighted by Crippen LogP contribution is -2.41. The van der Waals surface area contributed by atoms with Crippen LogP contribution in [0.2, 0.25) is 0 Å². The third kappa shape index (κ3) is 2.10. The fourth-order valence-electron chi connectivity index (χ4n) is 2.23. The number of rotatable bonds is 2. The van der Waals surface area contributed by atoms with Crippen molar-refractivity contribution in [2.75, 3.05) is 0 Å². The first kappa shape index (κ1) is 13.1. The summed E-state index contributed by atoms with van der Waals surface area (Å²) in [4.78, 5) is 4.47. The number of hydrogen-bond donors (Lipinski definition) is 1. The molecule has 3 rings (SSSR count). The van der Waals surface area contributed by atoms with Crippen LogP contribution in [-0.4, -0.2) is 23.3 Å². The van der Waals surface area contributed by atoms with E-state index in [2.05, 4.69) is 4.98 Å². The van der Waals surface area contributed by atoms with E-state index in [1.165, 1.54) is 0 Å². The Balaban J connectivity index is 1.81. The van der Waals surface area contributed by atoms with Crippen molar-refractivity contribution in [3.8, 4) is 0 Å². The molecule has 0 atom stereocenters. The van der Waals surface area contributed by atoms with Crippen molar-refractivity contribution in [3.63, 3.8) is 0 Å². The number of aromatic nitrogens is 1. The van der Waals surface area contributed by atoms with Crippen molar-refractivity contribution in [3.05, 3.63) is 23.9 Å². The molecule has 102 valence electrons. The third-order valence-corrected chi connectivity index (χ3v) is 4.64. The van der Waals surface area contributed by atoms with Crippen LogP contribution in [0.25, 0.3) is 0 Å². The molecule has 0 spiro atoms. The Morgan fingerprint density at radius 2 is 1.68 bits per heavy atom. The molecule has 2 fully saturated rings. The van der Waals surface area contributed by atoms with E-state index in [0.29, 0.717) is 0 Å². The Hall–Kier alpha value is -0.905. The Labute approximate surface area is 114 Å². The minimum Gasteiger partial charge on any atom is -0.398 e. The zero-order valence-electron chi connectivity index (χ0n) is 12.1. The summed E-state index contributed by atoms with van der Waals surface area (Å²) in [7, 11) is -0.396. The summed E-state index contributed by atoms with van der Waals surface area (Å²) in [6, 6.07) is 4.00. The highest BCUT2D eigenvalue weighted by molar-refractivity contribution is 6.61. The molecule has 5 heteroatoms. The van der Waals surface area contributed by atoms with Crippen molar-refractivity contribution in [1.82, 2.24) is 4.98 Å². The number of nitrogens with zero attached hydrogens (tertiary/aromatic N) is 1. The third-order valence-electron chi connectivity index (χ3n) is 4.64. The predicted octanol–water partition coefficient (Wildman–Crippen LogP) is 1.33. The maximum atomic E-state index is 6.16. The van der Waals surface area contributed by atoms with Gasteiger partial charge < -0.3 is 15.0 Å². The average molecular weight is 260 g/mol. The van der Waals surface area contributed by atoms with E-state index in [-0.39, 0.29) is 16.7 Å². The molecule has 1 aliphatic heterocycles. The lowest BCUT2D eigenvalue weighted by Gasteiger charge is -2.32. The van der Waals surface area contributed by atoms with Crippen LogP contribution in [0.4, 0.5) is 0 Å². The van der Waals surface area contributed by atoms with Gasteiger partial charge >= 0.3 is 7.12 Å². The summed E-state index contributed by atoms with van der Waals surface area (Å²) in [5.41, 5.74) is 7.27. The van der Waals surface area contributed by atoms with E-state index in [1.807, 2.05) is 46.0 Å². The molecule has 1 saturated heterocycles. The summed E-state index contributed by atoms with van der Waals surface area (Å²) >= 11 is 0. The van der Waals surface area contributed by atoms with Gasteiger partial charge in [-0.3, -0.25) is 4.98 Å². The molecule has 0 amide bonds. The van der Waals surface area contributed by atoms with Gasteiger partial charge in [-0.1, -0.05) is 6.07 Å². The molecule has 2 N–H and O–H groups in total. The number of hydrogen-bond acceptors (Lipinski definition) is 4. The molecule has 1 aromatic heterocycles. The molecule has 0 radical (unpaired) electrons. The Morgan fingerprint density at radius 3 is 2.11 bits per heavy atom. The van der Waals surface area contributed by atoms with E-state index >= 15 is 0 Å². The van der Waals surface area contributed by atoms with Crippen LogP contribution in [0, 0.1) is 0 Å². The molecule has 0 aromatic carbocycles. The lowest BCUT2D eigenvalue weighted by molar-refractivity contribution is 0.00578. The second-order valence-electron chi connectivity index (χ2n) is 6.72. The van der Waals surface area contributed by atoms with Crippen LogP contribution >= 0.6 is 0 Å². The van der Waals surface area contributed by atoms with Crippen LogP contribution in [-0.2, 0) is 14.8 Å². The number of nitrogens with two attached hydrogens (primary N) is 1. The topological polar surface area (TPSA) is 57.4 Å². The molecular weight excluding hydrogens is 239 g/mol. The molecule has 19 heavy (non-hydrogen) atoms. The fourth-order valence-corrected chi connectivity index (χ4v) is 2.23. The zero-order chi connectivity index (χ0) is 13.9. The molecule has 2 heterocycles. The molecule has 1 aliphatic carbocycles. The highest BCUT2D eigenvalue weighted by Gasteiger charge is 2.52. The molecule has 0 unspecified atom stereocenters. The Kier molecular flexibility index (Phi) is 2.63. The van der Waals surface area contributed by atoms with Gasteiger partial charge in [-0.25, -0.2) is 0 Å². The zero-order valence-corrected chi connectivity index (χ0v) is 12.1. The van der Waals surface area contributed by atoms with Crippen molar-refractivity contribution >= 4 is 12.7 Å². The molecule has 0 bridgehead atoms. The van der Waals surface area contributed by atoms with Crippen molar-refractivity contribution < 1.29 is 9.31 Å². The minimum atomic E-state index is -0.396.